The third kappa shape index (κ3) is 3.60. The highest BCUT2D eigenvalue weighted by molar-refractivity contribution is 5.94. The van der Waals surface area contributed by atoms with Crippen LogP contribution in [0.1, 0.15) is 36.0 Å². The van der Waals surface area contributed by atoms with E-state index in [1.165, 1.54) is 37.9 Å². The van der Waals surface area contributed by atoms with Crippen molar-refractivity contribution < 1.29 is 9.90 Å². The molecule has 1 fully saturated rings. The number of nitrogens with one attached hydrogen (secondary N) is 1. The predicted octanol–water partition coefficient (Wildman–Crippen LogP) is 1.65. The van der Waals surface area contributed by atoms with Crippen LogP contribution in [0.5, 0.6) is 0 Å². The van der Waals surface area contributed by atoms with Crippen molar-refractivity contribution in [3.63, 3.8) is 0 Å². The van der Waals surface area contributed by atoms with E-state index in [0.717, 1.165) is 13.1 Å². The summed E-state index contributed by atoms with van der Waals surface area (Å²) in [6.45, 7) is 1.65. The molecule has 0 unspecified atom stereocenters. The lowest BCUT2D eigenvalue weighted by Crippen LogP contribution is -2.33. The van der Waals surface area contributed by atoms with Crippen molar-refractivity contribution in [2.24, 2.45) is 0 Å². The molecule has 1 aromatic rings. The van der Waals surface area contributed by atoms with Crippen molar-refractivity contribution in [3.8, 4) is 0 Å². The zero-order valence-electron chi connectivity index (χ0n) is 11.8. The topological polar surface area (TPSA) is 91.5 Å². The highest BCUT2D eigenvalue weighted by atomic mass is 16.4. The summed E-state index contributed by atoms with van der Waals surface area (Å²) in [7, 11) is 2.14. The Kier molecular flexibility index (Phi) is 4.79. The van der Waals surface area contributed by atoms with Crippen molar-refractivity contribution in [2.45, 2.75) is 31.7 Å². The Bertz CT molecular complexity index is 472. The van der Waals surface area contributed by atoms with E-state index >= 15 is 0 Å². The average molecular weight is 278 g/mol. The number of hydrogen-bond donors (Lipinski definition) is 3. The molecule has 20 heavy (non-hydrogen) atoms. The number of carboxylic acid groups (broad SMARTS) is 1. The van der Waals surface area contributed by atoms with Crippen molar-refractivity contribution in [3.05, 3.63) is 17.8 Å². The Morgan fingerprint density at radius 1 is 1.55 bits per heavy atom. The highest BCUT2D eigenvalue weighted by Gasteiger charge is 2.18. The van der Waals surface area contributed by atoms with Gasteiger partial charge in [-0.2, -0.15) is 0 Å². The number of rotatable bonds is 6. The minimum atomic E-state index is -1.03. The normalized spacial score (nSPS) is 15.7. The van der Waals surface area contributed by atoms with Crippen LogP contribution in [0.25, 0.3) is 0 Å². The average Bonchev–Trinajstić information content (AvgIpc) is 2.94. The Morgan fingerprint density at radius 2 is 2.25 bits per heavy atom. The first-order chi connectivity index (χ1) is 9.58. The number of nitrogen functional groups attached to an aromatic ring is 1. The van der Waals surface area contributed by atoms with Gasteiger partial charge in [-0.3, -0.25) is 0 Å². The molecule has 110 valence electrons. The van der Waals surface area contributed by atoms with Crippen LogP contribution in [0.4, 0.5) is 11.5 Å². The first-order valence-corrected chi connectivity index (χ1v) is 7.01. The monoisotopic (exact) mass is 278 g/mol. The van der Waals surface area contributed by atoms with Gasteiger partial charge in [0.25, 0.3) is 0 Å². The van der Waals surface area contributed by atoms with Gasteiger partial charge in [-0.1, -0.05) is 12.8 Å². The van der Waals surface area contributed by atoms with Gasteiger partial charge in [0, 0.05) is 19.1 Å². The molecule has 0 spiro atoms. The van der Waals surface area contributed by atoms with E-state index in [4.69, 9.17) is 10.8 Å². The van der Waals surface area contributed by atoms with Crippen LogP contribution in [0.2, 0.25) is 0 Å². The van der Waals surface area contributed by atoms with Crippen molar-refractivity contribution >= 4 is 17.5 Å². The lowest BCUT2D eigenvalue weighted by atomic mass is 10.2. The Balaban J connectivity index is 1.84. The van der Waals surface area contributed by atoms with Gasteiger partial charge in [0.15, 0.2) is 0 Å². The van der Waals surface area contributed by atoms with Gasteiger partial charge in [0.05, 0.1) is 17.4 Å². The van der Waals surface area contributed by atoms with Crippen LogP contribution in [-0.2, 0) is 0 Å². The minimum absolute atomic E-state index is 0.0895. The number of carboxylic acids is 1. The Labute approximate surface area is 119 Å². The molecule has 2 rings (SSSR count). The summed E-state index contributed by atoms with van der Waals surface area (Å²) >= 11 is 0. The minimum Gasteiger partial charge on any atom is -0.478 e. The maximum Gasteiger partial charge on any atom is 0.337 e. The fraction of sp³-hybridized carbons (Fsp3) is 0.571. The smallest absolute Gasteiger partial charge is 0.337 e. The van der Waals surface area contributed by atoms with Crippen molar-refractivity contribution in [2.75, 3.05) is 31.2 Å². The standard InChI is InChI=1S/C14H22N4O2/c1-18(10-4-2-3-5-10)7-6-16-13-8-11(14(19)20)12(15)9-17-13/h8-10H,2-7,15H2,1H3,(H,16,17)(H,19,20). The number of anilines is 2. The second-order valence-electron chi connectivity index (χ2n) is 5.31. The number of hydrogen-bond acceptors (Lipinski definition) is 5. The molecule has 1 aromatic heterocycles. The first kappa shape index (κ1) is 14.6. The molecule has 4 N–H and O–H groups in total. The van der Waals surface area contributed by atoms with Crippen molar-refractivity contribution in [1.29, 1.82) is 0 Å². The molecular weight excluding hydrogens is 256 g/mol. The van der Waals surface area contributed by atoms with Crippen LogP contribution >= 0.6 is 0 Å². The summed E-state index contributed by atoms with van der Waals surface area (Å²) in [4.78, 5) is 17.4. The molecule has 6 heteroatoms. The Morgan fingerprint density at radius 3 is 2.90 bits per heavy atom. The van der Waals surface area contributed by atoms with Crippen LogP contribution in [0.3, 0.4) is 0 Å². The second-order valence-corrected chi connectivity index (χ2v) is 5.31. The maximum atomic E-state index is 11.0. The summed E-state index contributed by atoms with van der Waals surface area (Å²) in [5, 5.41) is 12.2. The van der Waals surface area contributed by atoms with Crippen molar-refractivity contribution in [1.82, 2.24) is 9.88 Å². The van der Waals surface area contributed by atoms with Gasteiger partial charge in [-0.25, -0.2) is 9.78 Å². The van der Waals surface area contributed by atoms with E-state index in [0.29, 0.717) is 11.9 Å². The number of carbonyl (C=O) groups is 1. The first-order valence-electron chi connectivity index (χ1n) is 7.01. The van der Waals surface area contributed by atoms with E-state index in [-0.39, 0.29) is 11.3 Å². The predicted molar refractivity (Wildman–Crippen MR) is 79.0 cm³/mol. The lowest BCUT2D eigenvalue weighted by Gasteiger charge is -2.24. The fourth-order valence-electron chi connectivity index (χ4n) is 2.64. The highest BCUT2D eigenvalue weighted by Crippen LogP contribution is 2.22. The number of nitrogens with two attached hydrogens (primary N) is 1. The Hall–Kier alpha value is -1.82. The molecule has 0 aromatic carbocycles. The SMILES string of the molecule is CN(CCNc1cc(C(=O)O)c(N)cn1)C1CCCC1. The molecule has 0 amide bonds. The van der Waals surface area contributed by atoms with Crippen LogP contribution in [0.15, 0.2) is 12.3 Å². The number of nitrogens with zero attached hydrogens (tertiary/aromatic N) is 2. The fourth-order valence-corrected chi connectivity index (χ4v) is 2.64. The van der Waals surface area contributed by atoms with Crippen LogP contribution < -0.4 is 11.1 Å². The largest absolute Gasteiger partial charge is 0.478 e. The van der Waals surface area contributed by atoms with Gasteiger partial charge in [-0.15, -0.1) is 0 Å². The lowest BCUT2D eigenvalue weighted by molar-refractivity contribution is 0.0698. The van der Waals surface area contributed by atoms with E-state index in [1.807, 2.05) is 0 Å². The van der Waals surface area contributed by atoms with Crippen LogP contribution in [-0.4, -0.2) is 47.1 Å². The molecule has 0 radical (unpaired) electrons. The summed E-state index contributed by atoms with van der Waals surface area (Å²) in [5.41, 5.74) is 5.85. The summed E-state index contributed by atoms with van der Waals surface area (Å²) in [6.07, 6.45) is 6.58. The molecule has 1 saturated carbocycles. The van der Waals surface area contributed by atoms with Gasteiger partial charge in [-0.05, 0) is 26.0 Å². The molecule has 0 bridgehead atoms. The third-order valence-electron chi connectivity index (χ3n) is 3.88. The van der Waals surface area contributed by atoms with E-state index in [9.17, 15) is 4.79 Å². The zero-order valence-corrected chi connectivity index (χ0v) is 11.8. The van der Waals surface area contributed by atoms with E-state index in [1.54, 1.807) is 0 Å². The number of likely N-dealkylation sites (N-methyl/N-ethyl adjacent to an activating group) is 1. The van der Waals surface area contributed by atoms with E-state index < -0.39 is 5.97 Å². The van der Waals surface area contributed by atoms with E-state index in [2.05, 4.69) is 22.2 Å². The van der Waals surface area contributed by atoms with Gasteiger partial charge in [0.2, 0.25) is 0 Å². The maximum absolute atomic E-state index is 11.0. The number of aromatic carboxylic acids is 1. The quantitative estimate of drug-likeness (QED) is 0.733. The molecule has 1 aliphatic rings. The zero-order chi connectivity index (χ0) is 14.5. The molecule has 0 atom stereocenters. The van der Waals surface area contributed by atoms with Crippen LogP contribution in [0, 0.1) is 0 Å². The molecule has 6 nitrogen and oxygen atoms in total. The molecule has 0 aliphatic heterocycles. The number of aromatic nitrogens is 1. The van der Waals surface area contributed by atoms with Gasteiger partial charge >= 0.3 is 5.97 Å². The molecule has 1 heterocycles. The van der Waals surface area contributed by atoms with Gasteiger partial charge in [0.1, 0.15) is 5.82 Å². The summed E-state index contributed by atoms with van der Waals surface area (Å²) in [5.74, 6) is -0.479. The molecular formula is C14H22N4O2. The third-order valence-corrected chi connectivity index (χ3v) is 3.88. The molecule has 0 saturated heterocycles. The summed E-state index contributed by atoms with van der Waals surface area (Å²) in [6, 6.07) is 2.17. The second kappa shape index (κ2) is 6.56. The summed E-state index contributed by atoms with van der Waals surface area (Å²) < 4.78 is 0. The van der Waals surface area contributed by atoms with Gasteiger partial charge < -0.3 is 21.1 Å². The number of pyridine rings is 1. The molecule has 1 aliphatic carbocycles.